The van der Waals surface area contributed by atoms with Crippen LogP contribution in [0.4, 0.5) is 5.69 Å². The summed E-state index contributed by atoms with van der Waals surface area (Å²) >= 11 is 0. The van der Waals surface area contributed by atoms with Crippen LogP contribution in [0.25, 0.3) is 21.8 Å². The van der Waals surface area contributed by atoms with E-state index in [4.69, 9.17) is 11.3 Å². The largest absolute Gasteiger partial charge is 0.350 e. The minimum Gasteiger partial charge on any atom is -0.331 e. The van der Waals surface area contributed by atoms with Gasteiger partial charge in [-0.15, -0.1) is 0 Å². The summed E-state index contributed by atoms with van der Waals surface area (Å²) < 4.78 is 1.99. The van der Waals surface area contributed by atoms with Gasteiger partial charge in [0.1, 0.15) is 6.54 Å². The minimum atomic E-state index is -0.0964. The Hall–Kier alpha value is -4.00. The Morgan fingerprint density at radius 1 is 0.964 bits per heavy atom. The van der Waals surface area contributed by atoms with Crippen molar-refractivity contribution >= 4 is 39.2 Å². The molecule has 0 saturated heterocycles. The van der Waals surface area contributed by atoms with E-state index in [9.17, 15) is 4.79 Å². The number of amidine groups is 1. The van der Waals surface area contributed by atoms with Crippen LogP contribution < -0.4 is 16.6 Å². The van der Waals surface area contributed by atoms with E-state index >= 15 is 0 Å². The molecule has 0 atom stereocenters. The average Bonchev–Trinajstić information content (AvgIpc) is 3.02. The smallest absolute Gasteiger partial charge is 0.331 e. The summed E-state index contributed by atoms with van der Waals surface area (Å²) in [5.41, 5.74) is 3.39. The van der Waals surface area contributed by atoms with Gasteiger partial charge in [0.05, 0.1) is 10.7 Å². The fourth-order valence-corrected chi connectivity index (χ4v) is 3.37. The molecule has 28 heavy (non-hydrogen) atoms. The molecule has 0 unspecified atom stereocenters. The fourth-order valence-electron chi connectivity index (χ4n) is 3.37. The molecule has 0 fully saturated rings. The molecule has 4 rings (SSSR count). The van der Waals surface area contributed by atoms with Crippen molar-refractivity contribution in [3.05, 3.63) is 78.4 Å². The molecule has 1 amide bonds. The van der Waals surface area contributed by atoms with Crippen LogP contribution in [0.5, 0.6) is 0 Å². The van der Waals surface area contributed by atoms with Gasteiger partial charge in [-0.1, -0.05) is 36.4 Å². The Labute approximate surface area is 161 Å². The Morgan fingerprint density at radius 3 is 2.46 bits per heavy atom. The van der Waals surface area contributed by atoms with Crippen LogP contribution in [0.2, 0.25) is 0 Å². The fraction of sp³-hybridized carbons (Fsp3) is 0.0476. The predicted octanol–water partition coefficient (Wildman–Crippen LogP) is 2.26. The highest BCUT2D eigenvalue weighted by Crippen LogP contribution is 2.30. The molecular formula is C21H19N6O+. The first-order valence-electron chi connectivity index (χ1n) is 8.77. The lowest BCUT2D eigenvalue weighted by Crippen LogP contribution is -2.38. The number of hydrogen-bond acceptors (Lipinski definition) is 2. The van der Waals surface area contributed by atoms with Crippen molar-refractivity contribution in [2.24, 2.45) is 16.2 Å². The number of nitrogens with one attached hydrogen (secondary N) is 1. The van der Waals surface area contributed by atoms with Gasteiger partial charge in [-0.05, 0) is 36.4 Å². The van der Waals surface area contributed by atoms with Crippen molar-refractivity contribution in [1.82, 2.24) is 4.57 Å². The highest BCUT2D eigenvalue weighted by molar-refractivity contribution is 6.11. The van der Waals surface area contributed by atoms with E-state index in [-0.39, 0.29) is 18.3 Å². The number of carbonyl (C=O) groups excluding carboxylic acids is 1. The summed E-state index contributed by atoms with van der Waals surface area (Å²) in [4.78, 5) is 12.6. The molecule has 0 bridgehead atoms. The topological polar surface area (TPSA) is 110 Å². The zero-order valence-electron chi connectivity index (χ0n) is 15.0. The molecule has 0 aliphatic rings. The van der Waals surface area contributed by atoms with Crippen molar-refractivity contribution in [2.45, 2.75) is 6.54 Å². The molecule has 0 aliphatic carbocycles. The van der Waals surface area contributed by atoms with Gasteiger partial charge >= 0.3 is 5.84 Å². The van der Waals surface area contributed by atoms with Crippen molar-refractivity contribution in [3.63, 3.8) is 0 Å². The summed E-state index contributed by atoms with van der Waals surface area (Å²) in [5.74, 6) is 5.24. The third kappa shape index (κ3) is 3.21. The molecule has 0 radical (unpaired) electrons. The molecule has 3 aromatic carbocycles. The maximum absolute atomic E-state index is 12.6. The van der Waals surface area contributed by atoms with E-state index in [0.717, 1.165) is 33.1 Å². The first-order chi connectivity index (χ1) is 13.7. The zero-order chi connectivity index (χ0) is 19.5. The van der Waals surface area contributed by atoms with Gasteiger partial charge in [-0.25, -0.2) is 0 Å². The van der Waals surface area contributed by atoms with Gasteiger partial charge in [0.15, 0.2) is 0 Å². The van der Waals surface area contributed by atoms with Crippen molar-refractivity contribution in [3.8, 4) is 0 Å². The first-order valence-corrected chi connectivity index (χ1v) is 8.77. The second-order valence-corrected chi connectivity index (χ2v) is 6.35. The second-order valence-electron chi connectivity index (χ2n) is 6.35. The van der Waals surface area contributed by atoms with Gasteiger partial charge in [0, 0.05) is 32.7 Å². The van der Waals surface area contributed by atoms with E-state index in [1.807, 2.05) is 77.4 Å². The number of benzene rings is 3. The van der Waals surface area contributed by atoms with Crippen molar-refractivity contribution < 1.29 is 10.2 Å². The molecule has 5 N–H and O–H groups in total. The summed E-state index contributed by atoms with van der Waals surface area (Å²) in [6.45, 7) is 0.194. The van der Waals surface area contributed by atoms with E-state index in [2.05, 4.69) is 15.7 Å². The van der Waals surface area contributed by atoms with Gasteiger partial charge in [0.2, 0.25) is 5.91 Å². The quantitative estimate of drug-likeness (QED) is 0.168. The Balaban J connectivity index is 1.76. The van der Waals surface area contributed by atoms with Crippen molar-refractivity contribution in [1.29, 1.82) is 0 Å². The third-order valence-electron chi connectivity index (χ3n) is 4.59. The number of fused-ring (bicyclic) bond motifs is 3. The van der Waals surface area contributed by atoms with E-state index < -0.39 is 0 Å². The Bertz CT molecular complexity index is 1210. The lowest BCUT2D eigenvalue weighted by atomic mass is 10.1. The molecular weight excluding hydrogens is 352 g/mol. The predicted molar refractivity (Wildman–Crippen MR) is 110 cm³/mol. The lowest BCUT2D eigenvalue weighted by Gasteiger charge is -2.09. The number of nitrogens with zero attached hydrogens (tertiary/aromatic N) is 3. The summed E-state index contributed by atoms with van der Waals surface area (Å²) in [6, 6.07) is 23.1. The maximum Gasteiger partial charge on any atom is 0.350 e. The van der Waals surface area contributed by atoms with E-state index in [1.165, 1.54) is 0 Å². The highest BCUT2D eigenvalue weighted by Gasteiger charge is 2.16. The monoisotopic (exact) mass is 371 g/mol. The number of anilines is 1. The molecule has 7 heteroatoms. The number of hydrogen-bond donors (Lipinski definition) is 3. The van der Waals surface area contributed by atoms with Crippen LogP contribution in [0.15, 0.2) is 83.1 Å². The molecule has 1 heterocycles. The minimum absolute atomic E-state index is 0.0964. The van der Waals surface area contributed by atoms with Gasteiger partial charge in [-0.2, -0.15) is 0 Å². The SMILES string of the molecule is NN=NC(=[NH2+])c1ccc2c(c1)c1ccccc1n2CC(=O)Nc1ccccc1. The number of aromatic nitrogens is 1. The maximum atomic E-state index is 12.6. The number of para-hydroxylation sites is 2. The second kappa shape index (κ2) is 7.32. The number of nitrogens with two attached hydrogens (primary N) is 2. The number of rotatable bonds is 4. The molecule has 0 spiro atoms. The van der Waals surface area contributed by atoms with Crippen LogP contribution >= 0.6 is 0 Å². The summed E-state index contributed by atoms with van der Waals surface area (Å²) in [5, 5.41) is 17.8. The lowest BCUT2D eigenvalue weighted by molar-refractivity contribution is -0.116. The number of amides is 1. The van der Waals surface area contributed by atoms with Crippen LogP contribution in [-0.4, -0.2) is 16.3 Å². The standard InChI is InChI=1S/C21H18N6O/c22-21(25-26-23)14-10-11-19-17(12-14)16-8-4-5-9-18(16)27(19)13-20(28)24-15-6-2-1-3-7-15/h1-12H,13H2,(H,24,28)(H3,22,23,25)/p+1. The molecule has 0 saturated carbocycles. The normalized spacial score (nSPS) is 11.3. The zero-order valence-corrected chi connectivity index (χ0v) is 15.0. The van der Waals surface area contributed by atoms with Crippen LogP contribution in [0.1, 0.15) is 5.56 Å². The summed E-state index contributed by atoms with van der Waals surface area (Å²) in [7, 11) is 0. The molecule has 1 aromatic heterocycles. The van der Waals surface area contributed by atoms with Gasteiger partial charge in [-0.3, -0.25) is 16.0 Å². The van der Waals surface area contributed by atoms with Crippen molar-refractivity contribution in [2.75, 3.05) is 5.32 Å². The molecule has 138 valence electrons. The highest BCUT2D eigenvalue weighted by atomic mass is 16.1. The van der Waals surface area contributed by atoms with Crippen LogP contribution in [0.3, 0.4) is 0 Å². The van der Waals surface area contributed by atoms with Crippen LogP contribution in [0, 0.1) is 0 Å². The number of carbonyl (C=O) groups is 1. The first kappa shape index (κ1) is 17.4. The molecule has 4 aromatic rings. The third-order valence-corrected chi connectivity index (χ3v) is 4.59. The molecule has 7 nitrogen and oxygen atoms in total. The Morgan fingerprint density at radius 2 is 1.68 bits per heavy atom. The Kier molecular flexibility index (Phi) is 4.55. The molecule has 0 aliphatic heterocycles. The van der Waals surface area contributed by atoms with Gasteiger partial charge < -0.3 is 9.88 Å². The average molecular weight is 371 g/mol. The van der Waals surface area contributed by atoms with Crippen LogP contribution in [-0.2, 0) is 11.3 Å². The van der Waals surface area contributed by atoms with Gasteiger partial charge in [0.25, 0.3) is 0 Å². The van der Waals surface area contributed by atoms with E-state index in [1.54, 1.807) is 0 Å². The summed E-state index contributed by atoms with van der Waals surface area (Å²) in [6.07, 6.45) is 0. The van der Waals surface area contributed by atoms with E-state index in [0.29, 0.717) is 0 Å².